The lowest BCUT2D eigenvalue weighted by Gasteiger charge is -2.24. The van der Waals surface area contributed by atoms with Gasteiger partial charge in [-0.2, -0.15) is 0 Å². The first-order valence-electron chi connectivity index (χ1n) is 6.70. The number of nitrogen functional groups attached to an aromatic ring is 1. The largest absolute Gasteiger partial charge is 0.491 e. The van der Waals surface area contributed by atoms with E-state index in [2.05, 4.69) is 0 Å². The van der Waals surface area contributed by atoms with Crippen LogP contribution in [0.5, 0.6) is 5.75 Å². The molecule has 1 aliphatic rings. The van der Waals surface area contributed by atoms with Crippen molar-refractivity contribution in [2.45, 2.75) is 11.3 Å². The van der Waals surface area contributed by atoms with Crippen LogP contribution in [-0.2, 0) is 10.0 Å². The van der Waals surface area contributed by atoms with Gasteiger partial charge in [-0.1, -0.05) is 24.3 Å². The summed E-state index contributed by atoms with van der Waals surface area (Å²) in [7, 11) is -3.70. The zero-order chi connectivity index (χ0) is 14.9. The number of hydrogen-bond acceptors (Lipinski definition) is 4. The number of anilines is 2. The molecule has 0 aromatic heterocycles. The number of hydrogen-bond donors (Lipinski definition) is 1. The molecule has 110 valence electrons. The van der Waals surface area contributed by atoms with E-state index in [1.54, 1.807) is 36.4 Å². The molecule has 0 atom stereocenters. The molecule has 0 saturated carbocycles. The fraction of sp³-hybridized carbons (Fsp3) is 0.200. The summed E-state index contributed by atoms with van der Waals surface area (Å²) >= 11 is 0. The van der Waals surface area contributed by atoms with Gasteiger partial charge in [0.2, 0.25) is 0 Å². The van der Waals surface area contributed by atoms with Crippen molar-refractivity contribution in [3.8, 4) is 5.75 Å². The van der Waals surface area contributed by atoms with E-state index in [-0.39, 0.29) is 10.6 Å². The molecule has 1 aliphatic heterocycles. The highest BCUT2D eigenvalue weighted by Gasteiger charge is 2.29. The molecule has 3 rings (SSSR count). The lowest BCUT2D eigenvalue weighted by atomic mass is 10.3. The first-order chi connectivity index (χ1) is 10.1. The molecule has 0 unspecified atom stereocenters. The number of nitrogens with two attached hydrogens (primary N) is 1. The van der Waals surface area contributed by atoms with Crippen molar-refractivity contribution in [2.24, 2.45) is 0 Å². The summed E-state index contributed by atoms with van der Waals surface area (Å²) in [5.74, 6) is 0.577. The molecule has 1 heterocycles. The third-order valence-electron chi connectivity index (χ3n) is 3.38. The SMILES string of the molecule is Nc1ccccc1S(=O)(=O)N1CCCOc2ccccc21. The van der Waals surface area contributed by atoms with Crippen molar-refractivity contribution >= 4 is 21.4 Å². The third kappa shape index (κ3) is 2.42. The maximum absolute atomic E-state index is 12.9. The number of rotatable bonds is 2. The van der Waals surface area contributed by atoms with Gasteiger partial charge in [0.1, 0.15) is 10.6 Å². The second kappa shape index (κ2) is 5.29. The van der Waals surface area contributed by atoms with Crippen LogP contribution in [0.3, 0.4) is 0 Å². The molecule has 6 heteroatoms. The van der Waals surface area contributed by atoms with Gasteiger partial charge in [-0.3, -0.25) is 4.31 Å². The van der Waals surface area contributed by atoms with Gasteiger partial charge in [0, 0.05) is 13.0 Å². The van der Waals surface area contributed by atoms with Crippen LogP contribution < -0.4 is 14.8 Å². The van der Waals surface area contributed by atoms with Gasteiger partial charge in [0.05, 0.1) is 18.0 Å². The van der Waals surface area contributed by atoms with Gasteiger partial charge in [0.25, 0.3) is 10.0 Å². The Morgan fingerprint density at radius 2 is 1.76 bits per heavy atom. The Bertz CT molecular complexity index is 759. The fourth-order valence-electron chi connectivity index (χ4n) is 2.38. The van der Waals surface area contributed by atoms with E-state index in [4.69, 9.17) is 10.5 Å². The minimum atomic E-state index is -3.70. The number of sulfonamides is 1. The van der Waals surface area contributed by atoms with Gasteiger partial charge in [0.15, 0.2) is 0 Å². The van der Waals surface area contributed by atoms with E-state index in [0.29, 0.717) is 31.0 Å². The summed E-state index contributed by atoms with van der Waals surface area (Å²) in [6.07, 6.45) is 0.626. The van der Waals surface area contributed by atoms with Crippen molar-refractivity contribution in [2.75, 3.05) is 23.2 Å². The number of para-hydroxylation sites is 3. The van der Waals surface area contributed by atoms with Crippen molar-refractivity contribution in [1.82, 2.24) is 0 Å². The first kappa shape index (κ1) is 13.8. The third-order valence-corrected chi connectivity index (χ3v) is 5.27. The van der Waals surface area contributed by atoms with E-state index in [9.17, 15) is 8.42 Å². The van der Waals surface area contributed by atoms with Crippen LogP contribution in [-0.4, -0.2) is 21.6 Å². The zero-order valence-electron chi connectivity index (χ0n) is 11.4. The Kier molecular flexibility index (Phi) is 3.47. The fourth-order valence-corrected chi connectivity index (χ4v) is 4.01. The highest BCUT2D eigenvalue weighted by molar-refractivity contribution is 7.93. The van der Waals surface area contributed by atoms with E-state index in [1.807, 2.05) is 6.07 Å². The van der Waals surface area contributed by atoms with Gasteiger partial charge >= 0.3 is 0 Å². The molecule has 0 amide bonds. The summed E-state index contributed by atoms with van der Waals surface area (Å²) in [4.78, 5) is 0.127. The number of benzene rings is 2. The number of nitrogens with zero attached hydrogens (tertiary/aromatic N) is 1. The van der Waals surface area contributed by atoms with E-state index in [1.165, 1.54) is 10.4 Å². The topological polar surface area (TPSA) is 72.6 Å². The summed E-state index contributed by atoms with van der Waals surface area (Å²) < 4.78 is 32.8. The molecule has 2 aromatic carbocycles. The summed E-state index contributed by atoms with van der Waals surface area (Å²) in [5, 5.41) is 0. The molecule has 5 nitrogen and oxygen atoms in total. The lowest BCUT2D eigenvalue weighted by Crippen LogP contribution is -2.32. The Balaban J connectivity index is 2.13. The summed E-state index contributed by atoms with van der Waals surface area (Å²) in [6.45, 7) is 0.862. The molecule has 0 fully saturated rings. The molecule has 21 heavy (non-hydrogen) atoms. The molecule has 0 aliphatic carbocycles. The lowest BCUT2D eigenvalue weighted by molar-refractivity contribution is 0.322. The smallest absolute Gasteiger partial charge is 0.266 e. The summed E-state index contributed by atoms with van der Waals surface area (Å²) in [5.41, 5.74) is 6.64. The van der Waals surface area contributed by atoms with Crippen molar-refractivity contribution in [1.29, 1.82) is 0 Å². The van der Waals surface area contributed by atoms with Crippen molar-refractivity contribution in [3.05, 3.63) is 48.5 Å². The van der Waals surface area contributed by atoms with Crippen molar-refractivity contribution in [3.63, 3.8) is 0 Å². The highest BCUT2D eigenvalue weighted by Crippen LogP contribution is 2.35. The van der Waals surface area contributed by atoms with Crippen LogP contribution in [0.4, 0.5) is 11.4 Å². The van der Waals surface area contributed by atoms with E-state index < -0.39 is 10.0 Å². The average Bonchev–Trinajstić information content (AvgIpc) is 2.70. The zero-order valence-corrected chi connectivity index (χ0v) is 12.2. The predicted molar refractivity (Wildman–Crippen MR) is 81.9 cm³/mol. The molecular weight excluding hydrogens is 288 g/mol. The van der Waals surface area contributed by atoms with Crippen LogP contribution >= 0.6 is 0 Å². The van der Waals surface area contributed by atoms with Crippen LogP contribution in [0.1, 0.15) is 6.42 Å². The van der Waals surface area contributed by atoms with E-state index >= 15 is 0 Å². The van der Waals surface area contributed by atoms with Gasteiger partial charge in [-0.25, -0.2) is 8.42 Å². The molecular formula is C15H16N2O3S. The standard InChI is InChI=1S/C15H16N2O3S/c16-12-6-1-4-9-15(12)21(18,19)17-10-5-11-20-14-8-3-2-7-13(14)17/h1-4,6-9H,5,10-11,16H2. The number of fused-ring (bicyclic) bond motifs is 1. The molecule has 0 saturated heterocycles. The Morgan fingerprint density at radius 1 is 1.05 bits per heavy atom. The molecule has 0 bridgehead atoms. The maximum atomic E-state index is 12.9. The quantitative estimate of drug-likeness (QED) is 0.864. The highest BCUT2D eigenvalue weighted by atomic mass is 32.2. The Morgan fingerprint density at radius 3 is 2.57 bits per heavy atom. The van der Waals surface area contributed by atoms with Gasteiger partial charge in [-0.05, 0) is 24.3 Å². The molecule has 0 spiro atoms. The summed E-state index contributed by atoms with van der Waals surface area (Å²) in [6, 6.07) is 13.6. The second-order valence-electron chi connectivity index (χ2n) is 4.78. The first-order valence-corrected chi connectivity index (χ1v) is 8.14. The number of ether oxygens (including phenoxy) is 1. The minimum Gasteiger partial charge on any atom is -0.491 e. The van der Waals surface area contributed by atoms with E-state index in [0.717, 1.165) is 0 Å². The van der Waals surface area contributed by atoms with Crippen LogP contribution in [0.2, 0.25) is 0 Å². The predicted octanol–water partition coefficient (Wildman–Crippen LogP) is 2.25. The van der Waals surface area contributed by atoms with Gasteiger partial charge in [-0.15, -0.1) is 0 Å². The maximum Gasteiger partial charge on any atom is 0.266 e. The molecule has 2 aromatic rings. The monoisotopic (exact) mass is 304 g/mol. The Labute approximate surface area is 124 Å². The van der Waals surface area contributed by atoms with Crippen molar-refractivity contribution < 1.29 is 13.2 Å². The van der Waals surface area contributed by atoms with Crippen LogP contribution in [0, 0.1) is 0 Å². The van der Waals surface area contributed by atoms with Gasteiger partial charge < -0.3 is 10.5 Å². The Hall–Kier alpha value is -2.21. The average molecular weight is 304 g/mol. The normalized spacial score (nSPS) is 15.0. The van der Waals surface area contributed by atoms with Crippen LogP contribution in [0.15, 0.2) is 53.4 Å². The molecule has 0 radical (unpaired) electrons. The minimum absolute atomic E-state index is 0.127. The second-order valence-corrected chi connectivity index (χ2v) is 6.62. The molecule has 2 N–H and O–H groups in total. The van der Waals surface area contributed by atoms with Crippen LogP contribution in [0.25, 0.3) is 0 Å².